The molecule has 0 fully saturated rings. The Morgan fingerprint density at radius 2 is 1.04 bits per heavy atom. The van der Waals surface area contributed by atoms with Crippen molar-refractivity contribution >= 4 is 78.0 Å². The molecule has 3 heterocycles. The van der Waals surface area contributed by atoms with Crippen LogP contribution in [0.1, 0.15) is 61.9 Å². The summed E-state index contributed by atoms with van der Waals surface area (Å²) in [4.78, 5) is 28.2. The number of rotatable bonds is 5. The lowest BCUT2D eigenvalue weighted by molar-refractivity contribution is 0.103. The number of carbonyl (C=O) groups excluding carboxylic acids is 2. The molecule has 2 aliphatic carbocycles. The van der Waals surface area contributed by atoms with E-state index in [-0.39, 0.29) is 50.5 Å². The summed E-state index contributed by atoms with van der Waals surface area (Å²) in [7, 11) is 0. The number of carbonyl (C=O) groups is 2. The molecule has 0 bridgehead atoms. The number of benzene rings is 2. The van der Waals surface area contributed by atoms with Gasteiger partial charge in [-0.3, -0.25) is 9.59 Å². The van der Waals surface area contributed by atoms with Crippen LogP contribution in [0, 0.1) is 74.5 Å². The molecule has 7 nitrogen and oxygen atoms in total. The summed E-state index contributed by atoms with van der Waals surface area (Å²) in [6.45, 7) is 4.70. The van der Waals surface area contributed by atoms with Crippen LogP contribution >= 0.6 is 22.7 Å². The van der Waals surface area contributed by atoms with E-state index >= 15 is 0 Å². The van der Waals surface area contributed by atoms with Crippen molar-refractivity contribution in [3.05, 3.63) is 114 Å². The highest BCUT2D eigenvalue weighted by atomic mass is 32.1. The maximum atomic E-state index is 14.3. The molecule has 0 saturated carbocycles. The van der Waals surface area contributed by atoms with Gasteiger partial charge in [0.05, 0.1) is 20.4 Å². The molecule has 2 aliphatic rings. The van der Waals surface area contributed by atoms with Crippen LogP contribution < -0.4 is 0 Å². The fourth-order valence-corrected chi connectivity index (χ4v) is 8.86. The Bertz CT molecular complexity index is 2590. The number of halogens is 4. The first kappa shape index (κ1) is 34.1. The molecule has 3 aromatic heterocycles. The van der Waals surface area contributed by atoms with Gasteiger partial charge >= 0.3 is 0 Å². The Kier molecular flexibility index (Phi) is 8.35. The molecule has 0 saturated heterocycles. The zero-order valence-corrected chi connectivity index (χ0v) is 28.6. The van der Waals surface area contributed by atoms with Gasteiger partial charge in [0.25, 0.3) is 0 Å². The molecule has 0 aliphatic heterocycles. The predicted octanol–water partition coefficient (Wildman–Crippen LogP) is 9.68. The van der Waals surface area contributed by atoms with Gasteiger partial charge in [0.2, 0.25) is 0 Å². The fraction of sp³-hybridized carbons (Fsp3) is 0.128. The normalized spacial score (nSPS) is 15.6. The van der Waals surface area contributed by atoms with Crippen LogP contribution in [0.2, 0.25) is 0 Å². The smallest absolute Gasteiger partial charge is 0.194 e. The summed E-state index contributed by atoms with van der Waals surface area (Å²) in [6, 6.07) is 13.9. The summed E-state index contributed by atoms with van der Waals surface area (Å²) in [6.07, 6.45) is 3.84. The van der Waals surface area contributed by atoms with Gasteiger partial charge in [-0.25, -0.2) is 17.6 Å². The molecule has 0 spiro atoms. The molecular weight excluding hydrogens is 711 g/mol. The van der Waals surface area contributed by atoms with Gasteiger partial charge in [-0.2, -0.15) is 21.0 Å². The number of nitrogens with zero attached hydrogens (tertiary/aromatic N) is 5. The van der Waals surface area contributed by atoms with Gasteiger partial charge in [-0.15, -0.1) is 22.7 Å². The van der Waals surface area contributed by atoms with E-state index in [0.29, 0.717) is 16.3 Å². The molecule has 0 N–H and O–H groups in total. The maximum absolute atomic E-state index is 14.3. The molecule has 13 heteroatoms. The van der Waals surface area contributed by atoms with Crippen LogP contribution in [0.15, 0.2) is 58.7 Å². The Hall–Kier alpha value is -6.38. The Labute approximate surface area is 300 Å². The number of aromatic nitrogens is 1. The van der Waals surface area contributed by atoms with E-state index in [0.717, 1.165) is 51.1 Å². The number of allylic oxidation sites excluding steroid dienone is 6. The summed E-state index contributed by atoms with van der Waals surface area (Å²) in [5.74, 6) is -6.04. The lowest BCUT2D eigenvalue weighted by Gasteiger charge is -2.11. The van der Waals surface area contributed by atoms with Crippen molar-refractivity contribution in [1.82, 2.24) is 4.57 Å². The molecular formula is C39H19F4N5O2S2. The van der Waals surface area contributed by atoms with E-state index < -0.39 is 46.0 Å². The number of ketones is 2. The van der Waals surface area contributed by atoms with Crippen LogP contribution in [0.25, 0.3) is 43.7 Å². The van der Waals surface area contributed by atoms with Crippen molar-refractivity contribution in [3.8, 4) is 24.3 Å². The topological polar surface area (TPSA) is 134 Å². The second-order valence-electron chi connectivity index (χ2n) is 12.2. The summed E-state index contributed by atoms with van der Waals surface area (Å²) < 4.78 is 60.7. The van der Waals surface area contributed by atoms with Crippen molar-refractivity contribution < 1.29 is 27.2 Å². The van der Waals surface area contributed by atoms with Crippen LogP contribution in [0.3, 0.4) is 0 Å². The number of fused-ring (bicyclic) bond motifs is 5. The first-order valence-electron chi connectivity index (χ1n) is 15.6. The number of hydrogen-bond acceptors (Lipinski definition) is 8. The highest BCUT2D eigenvalue weighted by Crippen LogP contribution is 2.46. The summed E-state index contributed by atoms with van der Waals surface area (Å²) in [5.41, 5.74) is 0.0733. The van der Waals surface area contributed by atoms with Crippen molar-refractivity contribution in [2.45, 2.75) is 26.8 Å². The molecule has 252 valence electrons. The molecule has 0 radical (unpaired) electrons. The zero-order valence-electron chi connectivity index (χ0n) is 27.0. The lowest BCUT2D eigenvalue weighted by Crippen LogP contribution is -2.05. The number of hydrogen-bond donors (Lipinski definition) is 0. The highest BCUT2D eigenvalue weighted by Gasteiger charge is 2.36. The molecule has 5 aromatic rings. The van der Waals surface area contributed by atoms with Gasteiger partial charge in [0.15, 0.2) is 34.8 Å². The Morgan fingerprint density at radius 1 is 0.673 bits per heavy atom. The van der Waals surface area contributed by atoms with Crippen LogP contribution in [0.5, 0.6) is 0 Å². The first-order chi connectivity index (χ1) is 24.9. The number of nitriles is 4. The number of Topliss-reactive ketones (excluding diaryl/α,β-unsaturated/α-hetero) is 2. The molecule has 1 atom stereocenters. The Morgan fingerprint density at radius 3 is 1.38 bits per heavy atom. The van der Waals surface area contributed by atoms with E-state index in [9.17, 15) is 48.2 Å². The van der Waals surface area contributed by atoms with Gasteiger partial charge in [0.1, 0.15) is 35.4 Å². The first-order valence-corrected chi connectivity index (χ1v) is 17.2. The van der Waals surface area contributed by atoms with E-state index in [1.54, 1.807) is 24.3 Å². The maximum Gasteiger partial charge on any atom is 0.194 e. The van der Waals surface area contributed by atoms with Gasteiger partial charge < -0.3 is 4.57 Å². The molecule has 0 amide bonds. The van der Waals surface area contributed by atoms with E-state index in [1.165, 1.54) is 34.8 Å². The second-order valence-corrected chi connectivity index (χ2v) is 14.4. The SMILES string of the molecule is CCC(C)Cn1c2cc(/C=C3\C(=O)c4cc(F)c(F)cc4C3=C(C#N)C#N)sc2c2sc(/C=C3\C(=O)c4cc(F)c(F)cc4C3=C(C#N)C#N)cc21. The molecule has 2 aromatic carbocycles. The quantitative estimate of drug-likeness (QED) is 0.100. The Balaban J connectivity index is 1.41. The van der Waals surface area contributed by atoms with E-state index in [2.05, 4.69) is 11.5 Å². The average molecular weight is 730 g/mol. The van der Waals surface area contributed by atoms with Crippen molar-refractivity contribution in [2.75, 3.05) is 0 Å². The largest absolute Gasteiger partial charge is 0.339 e. The van der Waals surface area contributed by atoms with Crippen molar-refractivity contribution in [3.63, 3.8) is 0 Å². The predicted molar refractivity (Wildman–Crippen MR) is 188 cm³/mol. The fourth-order valence-electron chi connectivity index (χ4n) is 6.50. The number of thiophene rings is 2. The van der Waals surface area contributed by atoms with Gasteiger partial charge in [-0.05, 0) is 65.6 Å². The average Bonchev–Trinajstić information content (AvgIpc) is 3.90. The van der Waals surface area contributed by atoms with Crippen LogP contribution in [-0.2, 0) is 6.54 Å². The minimum absolute atomic E-state index is 0.0487. The molecule has 7 rings (SSSR count). The van der Waals surface area contributed by atoms with Crippen LogP contribution in [-0.4, -0.2) is 16.1 Å². The van der Waals surface area contributed by atoms with Gasteiger partial charge in [0, 0.05) is 49.7 Å². The standard InChI is InChI=1S/C39H19F4N5O2S2/c1-3-17(2)16-48-32-6-20(4-26-34(18(12-44)13-45)22-8-28(40)30(42)10-24(22)36(26)49)51-38(32)39-33(48)7-21(52-39)5-27-35(19(14-46)15-47)23-9-29(41)31(43)11-25(23)37(27)50/h4-11,17H,3,16H2,1-2H3/b26-4-,27-5-. The van der Waals surface area contributed by atoms with Crippen LogP contribution in [0.4, 0.5) is 17.6 Å². The van der Waals surface area contributed by atoms with Crippen molar-refractivity contribution in [2.24, 2.45) is 5.92 Å². The zero-order chi connectivity index (χ0) is 37.2. The third-order valence-electron chi connectivity index (χ3n) is 9.14. The third kappa shape index (κ3) is 5.18. The minimum atomic E-state index is -1.24. The van der Waals surface area contributed by atoms with Gasteiger partial charge in [-0.1, -0.05) is 20.3 Å². The minimum Gasteiger partial charge on any atom is -0.339 e. The van der Waals surface area contributed by atoms with E-state index in [1.807, 2.05) is 19.1 Å². The molecule has 52 heavy (non-hydrogen) atoms. The highest BCUT2D eigenvalue weighted by molar-refractivity contribution is 7.28. The van der Waals surface area contributed by atoms with E-state index in [4.69, 9.17) is 0 Å². The monoisotopic (exact) mass is 729 g/mol. The lowest BCUT2D eigenvalue weighted by atomic mass is 9.99. The second kappa shape index (κ2) is 12.7. The molecule has 1 unspecified atom stereocenters. The third-order valence-corrected chi connectivity index (χ3v) is 11.4. The summed E-state index contributed by atoms with van der Waals surface area (Å²) >= 11 is 2.61. The van der Waals surface area contributed by atoms with Crippen molar-refractivity contribution in [1.29, 1.82) is 21.0 Å². The summed E-state index contributed by atoms with van der Waals surface area (Å²) in [5, 5.41) is 38.8.